The standard InChI is InChI=1S/C27H27NO6S2/c29-26-24-18-10-11-19-25(24)27(34-26,21-12-4-1-5-13-21)20-28(35(30,31)22-14-6-2-7-15-22)36(32,33)23-16-8-3-9-17-23/h2-3,6-11,14-19,21H,1,4-5,12-13,20H2/t27-/m0/s1. The molecule has 0 unspecified atom stereocenters. The molecule has 0 bridgehead atoms. The molecule has 0 spiro atoms. The van der Waals surface area contributed by atoms with Gasteiger partial charge in [-0.25, -0.2) is 21.6 Å². The molecular formula is C27H27NO6S2. The first-order valence-electron chi connectivity index (χ1n) is 12.0. The highest BCUT2D eigenvalue weighted by Gasteiger charge is 2.55. The van der Waals surface area contributed by atoms with Crippen molar-refractivity contribution in [1.82, 2.24) is 3.71 Å². The Morgan fingerprint density at radius 2 is 1.22 bits per heavy atom. The van der Waals surface area contributed by atoms with Crippen LogP contribution in [0, 0.1) is 5.92 Å². The predicted octanol–water partition coefficient (Wildman–Crippen LogP) is 4.71. The van der Waals surface area contributed by atoms with Crippen molar-refractivity contribution in [2.24, 2.45) is 5.92 Å². The Morgan fingerprint density at radius 1 is 0.722 bits per heavy atom. The Morgan fingerprint density at radius 3 is 1.78 bits per heavy atom. The van der Waals surface area contributed by atoms with E-state index < -0.39 is 38.2 Å². The summed E-state index contributed by atoms with van der Waals surface area (Å²) in [5, 5.41) is 0. The van der Waals surface area contributed by atoms with E-state index >= 15 is 0 Å². The van der Waals surface area contributed by atoms with E-state index in [-0.39, 0.29) is 15.7 Å². The zero-order chi connectivity index (χ0) is 25.4. The van der Waals surface area contributed by atoms with Gasteiger partial charge in [-0.05, 0) is 43.2 Å². The van der Waals surface area contributed by atoms with Crippen molar-refractivity contribution < 1.29 is 26.4 Å². The van der Waals surface area contributed by atoms with Crippen LogP contribution in [0.25, 0.3) is 0 Å². The van der Waals surface area contributed by atoms with Gasteiger partial charge in [-0.15, -0.1) is 0 Å². The summed E-state index contributed by atoms with van der Waals surface area (Å²) >= 11 is 0. The lowest BCUT2D eigenvalue weighted by molar-refractivity contribution is -0.0558. The highest BCUT2D eigenvalue weighted by molar-refractivity contribution is 8.04. The molecule has 3 aromatic rings. The molecule has 9 heteroatoms. The molecule has 0 radical (unpaired) electrons. The molecular weight excluding hydrogens is 498 g/mol. The molecule has 1 fully saturated rings. The highest BCUT2D eigenvalue weighted by Crippen LogP contribution is 2.49. The van der Waals surface area contributed by atoms with E-state index in [1.54, 1.807) is 60.7 Å². The van der Waals surface area contributed by atoms with E-state index in [2.05, 4.69) is 0 Å². The van der Waals surface area contributed by atoms with E-state index in [4.69, 9.17) is 4.74 Å². The van der Waals surface area contributed by atoms with Crippen molar-refractivity contribution in [2.45, 2.75) is 47.5 Å². The van der Waals surface area contributed by atoms with Crippen molar-refractivity contribution in [3.63, 3.8) is 0 Å². The summed E-state index contributed by atoms with van der Waals surface area (Å²) in [4.78, 5) is 12.7. The van der Waals surface area contributed by atoms with Crippen LogP contribution in [0.5, 0.6) is 0 Å². The summed E-state index contributed by atoms with van der Waals surface area (Å²) in [6.07, 6.45) is 4.21. The molecule has 5 rings (SSSR count). The van der Waals surface area contributed by atoms with Crippen molar-refractivity contribution in [3.05, 3.63) is 96.1 Å². The molecule has 0 N–H and O–H groups in total. The summed E-state index contributed by atoms with van der Waals surface area (Å²) in [5.74, 6) is -0.788. The van der Waals surface area contributed by atoms with Crippen LogP contribution in [0.2, 0.25) is 0 Å². The molecule has 7 nitrogen and oxygen atoms in total. The average molecular weight is 526 g/mol. The highest BCUT2D eigenvalue weighted by atomic mass is 32.3. The van der Waals surface area contributed by atoms with Gasteiger partial charge in [0.15, 0.2) is 5.60 Å². The normalized spacial score (nSPS) is 20.8. The number of rotatable bonds is 7. The maximum atomic E-state index is 14.0. The number of fused-ring (bicyclic) bond motifs is 1. The third-order valence-electron chi connectivity index (χ3n) is 7.12. The first-order chi connectivity index (χ1) is 17.3. The van der Waals surface area contributed by atoms with Crippen LogP contribution in [-0.2, 0) is 30.4 Å². The van der Waals surface area contributed by atoms with Crippen LogP contribution in [0.15, 0.2) is 94.7 Å². The molecule has 0 amide bonds. The lowest BCUT2D eigenvalue weighted by Gasteiger charge is -2.41. The zero-order valence-corrected chi connectivity index (χ0v) is 21.2. The molecule has 1 atom stereocenters. The molecule has 0 saturated heterocycles. The number of hydrogen-bond acceptors (Lipinski definition) is 6. The second kappa shape index (κ2) is 9.46. The minimum Gasteiger partial charge on any atom is -0.449 e. The smallest absolute Gasteiger partial charge is 0.339 e. The first kappa shape index (κ1) is 24.7. The summed E-state index contributed by atoms with van der Waals surface area (Å²) in [7, 11) is -9.07. The third-order valence-corrected chi connectivity index (χ3v) is 11.4. The topological polar surface area (TPSA) is 97.8 Å². The maximum Gasteiger partial charge on any atom is 0.339 e. The van der Waals surface area contributed by atoms with Crippen molar-refractivity contribution in [2.75, 3.05) is 6.54 Å². The summed E-state index contributed by atoms with van der Waals surface area (Å²) < 4.78 is 62.4. The SMILES string of the molecule is O=C1O[C@@](CN(S(=O)(=O)c2ccccc2)S(=O)(=O)c2ccccc2)(C2CCCCC2)c2ccccc21. The summed E-state index contributed by atoms with van der Waals surface area (Å²) in [5.41, 5.74) is -0.534. The van der Waals surface area contributed by atoms with Crippen molar-refractivity contribution in [3.8, 4) is 0 Å². The minimum atomic E-state index is -4.54. The third kappa shape index (κ3) is 4.15. The van der Waals surface area contributed by atoms with E-state index in [1.807, 2.05) is 0 Å². The molecule has 188 valence electrons. The fourth-order valence-electron chi connectivity index (χ4n) is 5.34. The van der Waals surface area contributed by atoms with E-state index in [0.717, 1.165) is 19.3 Å². The Labute approximate surface area is 211 Å². The van der Waals surface area contributed by atoms with Crippen LogP contribution in [0.3, 0.4) is 0 Å². The van der Waals surface area contributed by atoms with E-state index in [9.17, 15) is 21.6 Å². The Bertz CT molecular complexity index is 1400. The van der Waals surface area contributed by atoms with Crippen molar-refractivity contribution in [1.29, 1.82) is 0 Å². The zero-order valence-electron chi connectivity index (χ0n) is 19.6. The Kier molecular flexibility index (Phi) is 6.48. The van der Waals surface area contributed by atoms with Gasteiger partial charge >= 0.3 is 5.97 Å². The molecule has 36 heavy (non-hydrogen) atoms. The number of carbonyl (C=O) groups excluding carboxylic acids is 1. The first-order valence-corrected chi connectivity index (χ1v) is 14.9. The molecule has 0 aromatic heterocycles. The quantitative estimate of drug-likeness (QED) is 0.414. The van der Waals surface area contributed by atoms with Crippen LogP contribution >= 0.6 is 0 Å². The Hall–Kier alpha value is -3.01. The predicted molar refractivity (Wildman–Crippen MR) is 134 cm³/mol. The second-order valence-corrected chi connectivity index (χ2v) is 13.2. The minimum absolute atomic E-state index is 0.152. The lowest BCUT2D eigenvalue weighted by Crippen LogP contribution is -2.50. The second-order valence-electron chi connectivity index (χ2n) is 9.23. The number of nitrogens with zero attached hydrogens (tertiary/aromatic N) is 1. The van der Waals surface area contributed by atoms with Crippen LogP contribution in [0.1, 0.15) is 48.0 Å². The average Bonchev–Trinajstić information content (AvgIpc) is 3.21. The number of carbonyl (C=O) groups is 1. The van der Waals surface area contributed by atoms with E-state index in [1.165, 1.54) is 24.3 Å². The Balaban J connectivity index is 1.72. The van der Waals surface area contributed by atoms with Gasteiger partial charge in [-0.1, -0.05) is 77.6 Å². The number of esters is 1. The van der Waals surface area contributed by atoms with E-state index in [0.29, 0.717) is 27.7 Å². The van der Waals surface area contributed by atoms with Gasteiger partial charge in [0.05, 0.1) is 21.9 Å². The number of ether oxygens (including phenoxy) is 1. The van der Waals surface area contributed by atoms with Gasteiger partial charge in [0.1, 0.15) is 0 Å². The summed E-state index contributed by atoms with van der Waals surface area (Å²) in [6, 6.07) is 21.8. The fourth-order valence-corrected chi connectivity index (χ4v) is 9.08. The number of sulfonamides is 2. The largest absolute Gasteiger partial charge is 0.449 e. The van der Waals surface area contributed by atoms with Crippen LogP contribution in [0.4, 0.5) is 0 Å². The summed E-state index contributed by atoms with van der Waals surface area (Å²) in [6.45, 7) is -0.533. The van der Waals surface area contributed by atoms with Gasteiger partial charge in [-0.2, -0.15) is 0 Å². The van der Waals surface area contributed by atoms with Gasteiger partial charge in [0.25, 0.3) is 20.0 Å². The monoisotopic (exact) mass is 525 g/mol. The fraction of sp³-hybridized carbons (Fsp3) is 0.296. The molecule has 1 aliphatic heterocycles. The van der Waals surface area contributed by atoms with Crippen LogP contribution < -0.4 is 0 Å². The molecule has 1 aliphatic carbocycles. The number of benzene rings is 3. The molecule has 3 aromatic carbocycles. The molecule has 1 heterocycles. The van der Waals surface area contributed by atoms with Gasteiger partial charge in [-0.3, -0.25) is 0 Å². The van der Waals surface area contributed by atoms with Crippen molar-refractivity contribution >= 4 is 26.0 Å². The molecule has 1 saturated carbocycles. The number of hydrogen-bond donors (Lipinski definition) is 0. The van der Waals surface area contributed by atoms with Gasteiger partial charge < -0.3 is 4.74 Å². The van der Waals surface area contributed by atoms with Gasteiger partial charge in [0, 0.05) is 11.5 Å². The number of cyclic esters (lactones) is 1. The maximum absolute atomic E-state index is 14.0. The van der Waals surface area contributed by atoms with Gasteiger partial charge in [0.2, 0.25) is 0 Å². The molecule has 2 aliphatic rings. The lowest BCUT2D eigenvalue weighted by atomic mass is 9.73. The van der Waals surface area contributed by atoms with Crippen LogP contribution in [-0.4, -0.2) is 33.1 Å².